The van der Waals surface area contributed by atoms with Crippen LogP contribution in [0.2, 0.25) is 5.02 Å². The highest BCUT2D eigenvalue weighted by Gasteiger charge is 2.22. The highest BCUT2D eigenvalue weighted by molar-refractivity contribution is 6.33. The van der Waals surface area contributed by atoms with E-state index in [2.05, 4.69) is 27.2 Å². The van der Waals surface area contributed by atoms with Crippen molar-refractivity contribution < 1.29 is 4.79 Å². The molecule has 0 spiro atoms. The number of hydrogen-bond acceptors (Lipinski definition) is 3. The fourth-order valence-corrected chi connectivity index (χ4v) is 4.22. The van der Waals surface area contributed by atoms with E-state index < -0.39 is 0 Å². The van der Waals surface area contributed by atoms with Crippen molar-refractivity contribution in [3.63, 3.8) is 0 Å². The molecule has 2 amide bonds. The minimum atomic E-state index is -0.0375. The molecule has 0 radical (unpaired) electrons. The van der Waals surface area contributed by atoms with Crippen molar-refractivity contribution in [1.82, 2.24) is 4.90 Å². The second-order valence-electron chi connectivity index (χ2n) is 7.45. The summed E-state index contributed by atoms with van der Waals surface area (Å²) in [4.78, 5) is 19.1. The van der Waals surface area contributed by atoms with E-state index in [1.807, 2.05) is 41.3 Å². The number of carbonyl (C=O) groups excluding carboxylic acids is 1. The van der Waals surface area contributed by atoms with E-state index in [0.717, 1.165) is 42.6 Å². The van der Waals surface area contributed by atoms with Gasteiger partial charge in [0.2, 0.25) is 0 Å². The third kappa shape index (κ3) is 4.36. The van der Waals surface area contributed by atoms with Crippen LogP contribution in [0.4, 0.5) is 21.9 Å². The molecule has 0 atom stereocenters. The molecule has 0 aromatic heterocycles. The lowest BCUT2D eigenvalue weighted by atomic mass is 10.1. The van der Waals surface area contributed by atoms with E-state index in [4.69, 9.17) is 11.6 Å². The number of nitrogens with zero attached hydrogens (tertiary/aromatic N) is 3. The van der Waals surface area contributed by atoms with Gasteiger partial charge in [-0.2, -0.15) is 0 Å². The minimum absolute atomic E-state index is 0.0375. The van der Waals surface area contributed by atoms with Gasteiger partial charge < -0.3 is 20.0 Å². The molecule has 5 nitrogen and oxygen atoms in total. The van der Waals surface area contributed by atoms with Crippen molar-refractivity contribution in [1.29, 1.82) is 0 Å². The Labute approximate surface area is 171 Å². The van der Waals surface area contributed by atoms with Gasteiger partial charge in [0.15, 0.2) is 0 Å². The molecular weight excluding hydrogens is 372 g/mol. The highest BCUT2D eigenvalue weighted by Crippen LogP contribution is 2.26. The van der Waals surface area contributed by atoms with Crippen LogP contribution in [0.15, 0.2) is 48.5 Å². The number of rotatable bonds is 3. The van der Waals surface area contributed by atoms with Gasteiger partial charge in [-0.3, -0.25) is 0 Å². The lowest BCUT2D eigenvalue weighted by molar-refractivity contribution is 0.208. The summed E-state index contributed by atoms with van der Waals surface area (Å²) in [5.74, 6) is 0. The molecule has 4 rings (SSSR count). The third-order valence-electron chi connectivity index (χ3n) is 5.60. The van der Waals surface area contributed by atoms with Crippen LogP contribution in [0.5, 0.6) is 0 Å². The van der Waals surface area contributed by atoms with Crippen LogP contribution >= 0.6 is 11.6 Å². The van der Waals surface area contributed by atoms with Crippen molar-refractivity contribution in [3.05, 3.63) is 53.6 Å². The average molecular weight is 399 g/mol. The van der Waals surface area contributed by atoms with Crippen LogP contribution in [0.1, 0.15) is 19.3 Å². The number of piperidine rings is 1. The van der Waals surface area contributed by atoms with Crippen LogP contribution in [0.25, 0.3) is 0 Å². The molecule has 0 unspecified atom stereocenters. The number of piperazine rings is 1. The lowest BCUT2D eigenvalue weighted by Crippen LogP contribution is -2.50. The molecule has 28 heavy (non-hydrogen) atoms. The first-order valence-electron chi connectivity index (χ1n) is 10.1. The molecule has 2 aromatic carbocycles. The Hall–Kier alpha value is -2.40. The largest absolute Gasteiger partial charge is 0.372 e. The maximum absolute atomic E-state index is 12.6. The number of urea groups is 1. The molecule has 0 saturated carbocycles. The molecule has 2 aromatic rings. The third-order valence-corrected chi connectivity index (χ3v) is 5.92. The highest BCUT2D eigenvalue weighted by atomic mass is 35.5. The fraction of sp³-hybridized carbons (Fsp3) is 0.409. The van der Waals surface area contributed by atoms with E-state index in [0.29, 0.717) is 13.1 Å². The average Bonchev–Trinajstić information content (AvgIpc) is 2.75. The number of carbonyl (C=O) groups is 1. The zero-order valence-corrected chi connectivity index (χ0v) is 16.9. The number of nitrogens with one attached hydrogen (secondary N) is 1. The van der Waals surface area contributed by atoms with E-state index in [1.165, 1.54) is 24.9 Å². The molecule has 0 aliphatic carbocycles. The van der Waals surface area contributed by atoms with Gasteiger partial charge in [0.1, 0.15) is 0 Å². The zero-order valence-electron chi connectivity index (χ0n) is 16.1. The number of para-hydroxylation sites is 1. The quantitative estimate of drug-likeness (QED) is 0.815. The van der Waals surface area contributed by atoms with Gasteiger partial charge in [0, 0.05) is 50.6 Å². The Kier molecular flexibility index (Phi) is 5.91. The Morgan fingerprint density at radius 1 is 0.786 bits per heavy atom. The predicted octanol–water partition coefficient (Wildman–Crippen LogP) is 4.68. The predicted molar refractivity (Wildman–Crippen MR) is 117 cm³/mol. The van der Waals surface area contributed by atoms with Crippen LogP contribution in [-0.2, 0) is 0 Å². The number of hydrogen-bond donors (Lipinski definition) is 1. The van der Waals surface area contributed by atoms with E-state index >= 15 is 0 Å². The maximum Gasteiger partial charge on any atom is 0.321 e. The Bertz CT molecular complexity index is 796. The number of halogens is 1. The van der Waals surface area contributed by atoms with Gasteiger partial charge in [-0.25, -0.2) is 4.79 Å². The first-order chi connectivity index (χ1) is 13.7. The molecule has 148 valence electrons. The van der Waals surface area contributed by atoms with E-state index in [1.54, 1.807) is 0 Å². The molecule has 2 saturated heterocycles. The first-order valence-corrected chi connectivity index (χ1v) is 10.5. The second kappa shape index (κ2) is 8.74. The standard InChI is InChI=1S/C22H27ClN4O/c23-20-6-2-3-7-21(20)26-14-16-27(17-15-26)22(28)24-18-8-10-19(11-9-18)25-12-4-1-5-13-25/h2-3,6-11H,1,4-5,12-17H2,(H,24,28). The Balaban J connectivity index is 1.30. The smallest absolute Gasteiger partial charge is 0.321 e. The normalized spacial score (nSPS) is 17.5. The van der Waals surface area contributed by atoms with Gasteiger partial charge in [0.25, 0.3) is 0 Å². The summed E-state index contributed by atoms with van der Waals surface area (Å²) < 4.78 is 0. The SMILES string of the molecule is O=C(Nc1ccc(N2CCCCC2)cc1)N1CCN(c2ccccc2Cl)CC1. The molecule has 2 aliphatic heterocycles. The zero-order chi connectivity index (χ0) is 19.3. The molecule has 2 aliphatic rings. The Morgan fingerprint density at radius 2 is 1.46 bits per heavy atom. The summed E-state index contributed by atoms with van der Waals surface area (Å²) in [6.07, 6.45) is 3.85. The molecule has 2 fully saturated rings. The van der Waals surface area contributed by atoms with Gasteiger partial charge in [-0.15, -0.1) is 0 Å². The molecule has 1 N–H and O–H groups in total. The van der Waals surface area contributed by atoms with E-state index in [9.17, 15) is 4.79 Å². The van der Waals surface area contributed by atoms with Gasteiger partial charge >= 0.3 is 6.03 Å². The van der Waals surface area contributed by atoms with Crippen LogP contribution in [-0.4, -0.2) is 50.2 Å². The topological polar surface area (TPSA) is 38.8 Å². The van der Waals surface area contributed by atoms with Crippen molar-refractivity contribution in [2.45, 2.75) is 19.3 Å². The summed E-state index contributed by atoms with van der Waals surface area (Å²) >= 11 is 6.29. The summed E-state index contributed by atoms with van der Waals surface area (Å²) in [5, 5.41) is 3.79. The second-order valence-corrected chi connectivity index (χ2v) is 7.86. The van der Waals surface area contributed by atoms with Crippen molar-refractivity contribution in [2.75, 3.05) is 54.4 Å². The van der Waals surface area contributed by atoms with Crippen LogP contribution < -0.4 is 15.1 Å². The van der Waals surface area contributed by atoms with Gasteiger partial charge in [-0.05, 0) is 55.7 Å². The summed E-state index contributed by atoms with van der Waals surface area (Å²) in [7, 11) is 0. The molecule has 6 heteroatoms. The van der Waals surface area contributed by atoms with Crippen molar-refractivity contribution in [3.8, 4) is 0 Å². The first kappa shape index (κ1) is 18.9. The fourth-order valence-electron chi connectivity index (χ4n) is 3.97. The monoisotopic (exact) mass is 398 g/mol. The van der Waals surface area contributed by atoms with Crippen molar-refractivity contribution >= 4 is 34.7 Å². The molecule has 0 bridgehead atoms. The number of anilines is 3. The number of benzene rings is 2. The van der Waals surface area contributed by atoms with Crippen LogP contribution in [0.3, 0.4) is 0 Å². The Morgan fingerprint density at radius 3 is 2.14 bits per heavy atom. The van der Waals surface area contributed by atoms with Crippen molar-refractivity contribution in [2.24, 2.45) is 0 Å². The summed E-state index contributed by atoms with van der Waals surface area (Å²) in [6.45, 7) is 5.19. The van der Waals surface area contributed by atoms with Gasteiger partial charge in [0.05, 0.1) is 10.7 Å². The molecular formula is C22H27ClN4O. The summed E-state index contributed by atoms with van der Waals surface area (Å²) in [6, 6.07) is 16.0. The van der Waals surface area contributed by atoms with Gasteiger partial charge in [-0.1, -0.05) is 23.7 Å². The minimum Gasteiger partial charge on any atom is -0.372 e. The molecule has 2 heterocycles. The number of amides is 2. The van der Waals surface area contributed by atoms with Crippen LogP contribution in [0, 0.1) is 0 Å². The lowest BCUT2D eigenvalue weighted by Gasteiger charge is -2.36. The maximum atomic E-state index is 12.6. The summed E-state index contributed by atoms with van der Waals surface area (Å²) in [5.41, 5.74) is 3.13. The van der Waals surface area contributed by atoms with E-state index in [-0.39, 0.29) is 6.03 Å².